The molecule has 0 saturated carbocycles. The fraction of sp³-hybridized carbons (Fsp3) is 0.588. The first-order valence-electron chi connectivity index (χ1n) is 8.02. The maximum absolute atomic E-state index is 12.2. The van der Waals surface area contributed by atoms with Crippen LogP contribution in [0.4, 0.5) is 4.79 Å². The van der Waals surface area contributed by atoms with Crippen LogP contribution in [0.15, 0.2) is 24.3 Å². The minimum Gasteiger partial charge on any atom is -0.489 e. The van der Waals surface area contributed by atoms with Gasteiger partial charge < -0.3 is 20.1 Å². The lowest BCUT2D eigenvalue weighted by Gasteiger charge is -2.25. The van der Waals surface area contributed by atoms with Crippen molar-refractivity contribution in [1.82, 2.24) is 10.2 Å². The molecule has 1 heterocycles. The Morgan fingerprint density at radius 1 is 1.55 bits per heavy atom. The highest BCUT2D eigenvalue weighted by Gasteiger charge is 2.28. The Kier molecular flexibility index (Phi) is 6.07. The summed E-state index contributed by atoms with van der Waals surface area (Å²) in [5.74, 6) is 0.829. The lowest BCUT2D eigenvalue weighted by atomic mass is 10.2. The van der Waals surface area contributed by atoms with E-state index in [4.69, 9.17) is 4.74 Å². The number of rotatable bonds is 6. The molecule has 5 nitrogen and oxygen atoms in total. The standard InChI is InChI=1S/C17H26N2O3/c1-3-15(22-16-8-4-6-13(2)10-16)11-18-17(21)19-9-5-7-14(19)12-20/h4,6,8,10,14-15,20H,3,5,7,9,11-12H2,1-2H3,(H,18,21). The van der Waals surface area contributed by atoms with Crippen LogP contribution in [0, 0.1) is 6.92 Å². The number of hydrogen-bond acceptors (Lipinski definition) is 3. The zero-order chi connectivity index (χ0) is 15.9. The van der Waals surface area contributed by atoms with Gasteiger partial charge in [0.05, 0.1) is 19.2 Å². The van der Waals surface area contributed by atoms with Gasteiger partial charge in [0.2, 0.25) is 0 Å². The molecule has 1 fully saturated rings. The van der Waals surface area contributed by atoms with Gasteiger partial charge >= 0.3 is 6.03 Å². The van der Waals surface area contributed by atoms with Gasteiger partial charge in [-0.05, 0) is 43.9 Å². The van der Waals surface area contributed by atoms with E-state index >= 15 is 0 Å². The Morgan fingerprint density at radius 2 is 2.36 bits per heavy atom. The van der Waals surface area contributed by atoms with Crippen LogP contribution in [-0.2, 0) is 0 Å². The fourth-order valence-electron chi connectivity index (χ4n) is 2.75. The number of nitrogens with zero attached hydrogens (tertiary/aromatic N) is 1. The summed E-state index contributed by atoms with van der Waals surface area (Å²) in [4.78, 5) is 13.9. The van der Waals surface area contributed by atoms with Crippen molar-refractivity contribution in [3.63, 3.8) is 0 Å². The summed E-state index contributed by atoms with van der Waals surface area (Å²) in [5, 5.41) is 12.2. The average molecular weight is 306 g/mol. The summed E-state index contributed by atoms with van der Waals surface area (Å²) in [6.07, 6.45) is 2.59. The van der Waals surface area contributed by atoms with E-state index in [1.54, 1.807) is 4.90 Å². The van der Waals surface area contributed by atoms with Gasteiger partial charge in [-0.15, -0.1) is 0 Å². The summed E-state index contributed by atoms with van der Waals surface area (Å²) in [6.45, 7) is 5.28. The first kappa shape index (κ1) is 16.6. The maximum atomic E-state index is 12.2. The molecule has 2 N–H and O–H groups in total. The smallest absolute Gasteiger partial charge is 0.317 e. The van der Waals surface area contributed by atoms with Crippen molar-refractivity contribution in [1.29, 1.82) is 0 Å². The molecule has 1 aromatic rings. The summed E-state index contributed by atoms with van der Waals surface area (Å²) < 4.78 is 5.93. The van der Waals surface area contributed by atoms with Gasteiger partial charge in [-0.1, -0.05) is 19.1 Å². The van der Waals surface area contributed by atoms with Gasteiger partial charge in [0.25, 0.3) is 0 Å². The largest absolute Gasteiger partial charge is 0.489 e. The molecule has 2 amide bonds. The Bertz CT molecular complexity index is 493. The molecule has 0 bridgehead atoms. The van der Waals surface area contributed by atoms with Gasteiger partial charge in [0, 0.05) is 6.54 Å². The van der Waals surface area contributed by atoms with Crippen molar-refractivity contribution in [2.24, 2.45) is 0 Å². The molecule has 0 radical (unpaired) electrons. The van der Waals surface area contributed by atoms with Gasteiger partial charge in [-0.2, -0.15) is 0 Å². The van der Waals surface area contributed by atoms with Crippen LogP contribution in [0.5, 0.6) is 5.75 Å². The number of ether oxygens (including phenoxy) is 1. The minimum atomic E-state index is -0.108. The van der Waals surface area contributed by atoms with Gasteiger partial charge in [0.1, 0.15) is 11.9 Å². The van der Waals surface area contributed by atoms with Crippen molar-refractivity contribution in [3.8, 4) is 5.75 Å². The van der Waals surface area contributed by atoms with Crippen molar-refractivity contribution < 1.29 is 14.6 Å². The highest BCUT2D eigenvalue weighted by Crippen LogP contribution is 2.17. The third kappa shape index (κ3) is 4.37. The Morgan fingerprint density at radius 3 is 3.05 bits per heavy atom. The van der Waals surface area contributed by atoms with Crippen LogP contribution in [0.1, 0.15) is 31.7 Å². The molecular weight excluding hydrogens is 280 g/mol. The second-order valence-electron chi connectivity index (χ2n) is 5.82. The lowest BCUT2D eigenvalue weighted by Crippen LogP contribution is -2.46. The third-order valence-electron chi connectivity index (χ3n) is 4.08. The van der Waals surface area contributed by atoms with E-state index in [2.05, 4.69) is 5.32 Å². The number of aliphatic hydroxyl groups is 1. The van der Waals surface area contributed by atoms with Crippen molar-refractivity contribution in [3.05, 3.63) is 29.8 Å². The minimum absolute atomic E-state index is 0.0322. The first-order valence-corrected chi connectivity index (χ1v) is 8.02. The lowest BCUT2D eigenvalue weighted by molar-refractivity contribution is 0.148. The number of nitrogens with one attached hydrogen (secondary N) is 1. The molecule has 1 aliphatic heterocycles. The van der Waals surface area contributed by atoms with E-state index < -0.39 is 0 Å². The molecular formula is C17H26N2O3. The molecule has 122 valence electrons. The number of urea groups is 1. The number of likely N-dealkylation sites (tertiary alicyclic amines) is 1. The number of carbonyl (C=O) groups excluding carboxylic acids is 1. The first-order chi connectivity index (χ1) is 10.6. The van der Waals surface area contributed by atoms with Crippen LogP contribution in [0.25, 0.3) is 0 Å². The quantitative estimate of drug-likeness (QED) is 0.848. The molecule has 0 spiro atoms. The molecule has 0 aromatic heterocycles. The van der Waals surface area contributed by atoms with Gasteiger partial charge in [0.15, 0.2) is 0 Å². The number of benzene rings is 1. The monoisotopic (exact) mass is 306 g/mol. The molecule has 0 aliphatic carbocycles. The molecule has 22 heavy (non-hydrogen) atoms. The summed E-state index contributed by atoms with van der Waals surface area (Å²) >= 11 is 0. The molecule has 1 aliphatic rings. The third-order valence-corrected chi connectivity index (χ3v) is 4.08. The number of hydrogen-bond donors (Lipinski definition) is 2. The fourth-order valence-corrected chi connectivity index (χ4v) is 2.75. The van der Waals surface area contributed by atoms with Crippen LogP contribution < -0.4 is 10.1 Å². The zero-order valence-electron chi connectivity index (χ0n) is 13.4. The Labute approximate surface area is 132 Å². The van der Waals surface area contributed by atoms with Crippen LogP contribution in [-0.4, -0.2) is 47.9 Å². The molecule has 5 heteroatoms. The molecule has 2 unspecified atom stereocenters. The predicted molar refractivity (Wildman–Crippen MR) is 86.1 cm³/mol. The van der Waals surface area contributed by atoms with Crippen molar-refractivity contribution in [2.75, 3.05) is 19.7 Å². The van der Waals surface area contributed by atoms with Gasteiger partial charge in [-0.25, -0.2) is 4.79 Å². The van der Waals surface area contributed by atoms with E-state index in [1.165, 1.54) is 0 Å². The second kappa shape index (κ2) is 8.03. The zero-order valence-corrected chi connectivity index (χ0v) is 13.4. The summed E-state index contributed by atoms with van der Waals surface area (Å²) in [6, 6.07) is 7.76. The highest BCUT2D eigenvalue weighted by molar-refractivity contribution is 5.74. The van der Waals surface area contributed by atoms with E-state index in [-0.39, 0.29) is 24.8 Å². The number of aliphatic hydroxyl groups excluding tert-OH is 1. The Hall–Kier alpha value is -1.75. The topological polar surface area (TPSA) is 61.8 Å². The number of carbonyl (C=O) groups is 1. The second-order valence-corrected chi connectivity index (χ2v) is 5.82. The molecule has 1 saturated heterocycles. The summed E-state index contributed by atoms with van der Waals surface area (Å²) in [5.41, 5.74) is 1.15. The number of aryl methyl sites for hydroxylation is 1. The number of amides is 2. The van der Waals surface area contributed by atoms with E-state index in [0.29, 0.717) is 13.1 Å². The summed E-state index contributed by atoms with van der Waals surface area (Å²) in [7, 11) is 0. The molecule has 1 aromatic carbocycles. The normalized spacial score (nSPS) is 19.0. The molecule has 2 rings (SSSR count). The van der Waals surface area contributed by atoms with Crippen LogP contribution >= 0.6 is 0 Å². The van der Waals surface area contributed by atoms with Crippen molar-refractivity contribution in [2.45, 2.75) is 45.3 Å². The molecule has 2 atom stereocenters. The SMILES string of the molecule is CCC(CNC(=O)N1CCCC1CO)Oc1cccc(C)c1. The van der Waals surface area contributed by atoms with Crippen LogP contribution in [0.3, 0.4) is 0 Å². The van der Waals surface area contributed by atoms with Crippen LogP contribution in [0.2, 0.25) is 0 Å². The highest BCUT2D eigenvalue weighted by atomic mass is 16.5. The van der Waals surface area contributed by atoms with E-state index in [0.717, 1.165) is 30.6 Å². The van der Waals surface area contributed by atoms with E-state index in [1.807, 2.05) is 38.1 Å². The van der Waals surface area contributed by atoms with Crippen molar-refractivity contribution >= 4 is 6.03 Å². The maximum Gasteiger partial charge on any atom is 0.317 e. The predicted octanol–water partition coefficient (Wildman–Crippen LogP) is 2.32. The Balaban J connectivity index is 1.84. The average Bonchev–Trinajstić information content (AvgIpc) is 2.99. The van der Waals surface area contributed by atoms with Gasteiger partial charge in [-0.3, -0.25) is 0 Å². The van der Waals surface area contributed by atoms with E-state index in [9.17, 15) is 9.90 Å².